The molecule has 27 heavy (non-hydrogen) atoms. The van der Waals surface area contributed by atoms with Gasteiger partial charge in [0, 0.05) is 14.8 Å². The second kappa shape index (κ2) is 8.98. The first-order valence-corrected chi connectivity index (χ1v) is 8.80. The Morgan fingerprint density at radius 3 is 2.33 bits per heavy atom. The molecule has 2 aromatic rings. The third-order valence-corrected chi connectivity index (χ3v) is 4.10. The Labute approximate surface area is 167 Å². The second-order valence-corrected chi connectivity index (χ2v) is 6.81. The molecule has 0 saturated carbocycles. The summed E-state index contributed by atoms with van der Waals surface area (Å²) in [6, 6.07) is 11.5. The van der Waals surface area contributed by atoms with E-state index in [-0.39, 0.29) is 17.8 Å². The molecule has 0 aliphatic rings. The van der Waals surface area contributed by atoms with Crippen molar-refractivity contribution in [3.63, 3.8) is 0 Å². The van der Waals surface area contributed by atoms with E-state index in [1.807, 2.05) is 0 Å². The third kappa shape index (κ3) is 6.35. The molecule has 2 amide bonds. The fraction of sp³-hybridized carbons (Fsp3) is 0.167. The first-order valence-electron chi connectivity index (χ1n) is 7.72. The van der Waals surface area contributed by atoms with Gasteiger partial charge >= 0.3 is 6.18 Å². The Hall–Kier alpha value is -2.43. The van der Waals surface area contributed by atoms with Gasteiger partial charge in [-0.05, 0) is 65.9 Å². The number of anilines is 1. The number of alkyl halides is 3. The lowest BCUT2D eigenvalue weighted by atomic mass is 10.1. The van der Waals surface area contributed by atoms with Gasteiger partial charge in [0.15, 0.2) is 0 Å². The summed E-state index contributed by atoms with van der Waals surface area (Å²) in [5.74, 6) is -1.12. The molecule has 0 saturated heterocycles. The molecule has 5 nitrogen and oxygen atoms in total. The van der Waals surface area contributed by atoms with Crippen molar-refractivity contribution in [1.29, 1.82) is 0 Å². The minimum absolute atomic E-state index is 0.246. The van der Waals surface area contributed by atoms with E-state index in [2.05, 4.69) is 38.4 Å². The largest absolute Gasteiger partial charge is 0.418 e. The molecule has 0 radical (unpaired) electrons. The molecule has 2 N–H and O–H groups in total. The summed E-state index contributed by atoms with van der Waals surface area (Å²) in [5, 5.41) is 6.03. The lowest BCUT2D eigenvalue weighted by Gasteiger charge is -2.13. The van der Waals surface area contributed by atoms with Crippen LogP contribution >= 0.6 is 22.6 Å². The Morgan fingerprint density at radius 2 is 1.70 bits per heavy atom. The van der Waals surface area contributed by atoms with Crippen molar-refractivity contribution in [2.24, 2.45) is 5.10 Å². The van der Waals surface area contributed by atoms with Gasteiger partial charge in [-0.25, -0.2) is 5.43 Å². The van der Waals surface area contributed by atoms with Crippen LogP contribution in [0.2, 0.25) is 0 Å². The van der Waals surface area contributed by atoms with Gasteiger partial charge in [0.1, 0.15) is 0 Å². The Balaban J connectivity index is 1.96. The number of hydrogen-bond acceptors (Lipinski definition) is 3. The molecule has 2 rings (SSSR count). The summed E-state index contributed by atoms with van der Waals surface area (Å²) in [6.45, 7) is 1.49. The van der Waals surface area contributed by atoms with Gasteiger partial charge in [-0.2, -0.15) is 18.3 Å². The number of rotatable bonds is 5. The van der Waals surface area contributed by atoms with Crippen LogP contribution in [0.15, 0.2) is 53.6 Å². The fourth-order valence-corrected chi connectivity index (χ4v) is 2.48. The van der Waals surface area contributed by atoms with Crippen LogP contribution in [0.25, 0.3) is 0 Å². The van der Waals surface area contributed by atoms with Crippen LogP contribution in [-0.4, -0.2) is 17.5 Å². The van der Waals surface area contributed by atoms with Gasteiger partial charge in [-0.3, -0.25) is 9.59 Å². The van der Waals surface area contributed by atoms with E-state index in [1.54, 1.807) is 24.3 Å². The topological polar surface area (TPSA) is 70.6 Å². The molecule has 0 spiro atoms. The van der Waals surface area contributed by atoms with Gasteiger partial charge < -0.3 is 5.32 Å². The summed E-state index contributed by atoms with van der Waals surface area (Å²) in [6.07, 6.45) is -4.84. The maximum absolute atomic E-state index is 12.9. The Bertz CT molecular complexity index is 865. The summed E-state index contributed by atoms with van der Waals surface area (Å²) in [4.78, 5) is 23.9. The number of nitrogens with zero attached hydrogens (tertiary/aromatic N) is 1. The normalized spacial score (nSPS) is 11.8. The molecule has 0 aromatic heterocycles. The van der Waals surface area contributed by atoms with Gasteiger partial charge in [0.05, 0.1) is 17.7 Å². The smallest absolute Gasteiger partial charge is 0.325 e. The fourth-order valence-electron chi connectivity index (χ4n) is 2.12. The average molecular weight is 489 g/mol. The molecule has 9 heteroatoms. The van der Waals surface area contributed by atoms with Crippen molar-refractivity contribution < 1.29 is 22.8 Å². The van der Waals surface area contributed by atoms with Crippen LogP contribution in [0.1, 0.15) is 29.3 Å². The van der Waals surface area contributed by atoms with Crippen LogP contribution in [0.3, 0.4) is 0 Å². The van der Waals surface area contributed by atoms with Crippen LogP contribution < -0.4 is 10.7 Å². The number of nitrogens with one attached hydrogen (secondary N) is 2. The number of hydrazone groups is 1. The number of amides is 2. The molecule has 0 bridgehead atoms. The highest BCUT2D eigenvalue weighted by atomic mass is 127. The van der Waals surface area contributed by atoms with Crippen molar-refractivity contribution in [1.82, 2.24) is 5.43 Å². The summed E-state index contributed by atoms with van der Waals surface area (Å²) in [5.41, 5.74) is 1.70. The van der Waals surface area contributed by atoms with Gasteiger partial charge in [-0.15, -0.1) is 0 Å². The zero-order valence-corrected chi connectivity index (χ0v) is 16.3. The minimum Gasteiger partial charge on any atom is -0.325 e. The van der Waals surface area contributed by atoms with E-state index in [9.17, 15) is 22.8 Å². The van der Waals surface area contributed by atoms with Crippen LogP contribution in [0.4, 0.5) is 18.9 Å². The summed E-state index contributed by atoms with van der Waals surface area (Å²) in [7, 11) is 0. The highest BCUT2D eigenvalue weighted by Gasteiger charge is 2.33. The van der Waals surface area contributed by atoms with Gasteiger partial charge in [0.2, 0.25) is 5.91 Å². The molecule has 0 heterocycles. The van der Waals surface area contributed by atoms with Crippen molar-refractivity contribution in [2.45, 2.75) is 19.5 Å². The van der Waals surface area contributed by atoms with E-state index in [1.165, 1.54) is 25.1 Å². The lowest BCUT2D eigenvalue weighted by Crippen LogP contribution is -2.22. The third-order valence-electron chi connectivity index (χ3n) is 3.38. The first-order chi connectivity index (χ1) is 12.7. The Morgan fingerprint density at radius 1 is 1.07 bits per heavy atom. The molecule has 0 unspecified atom stereocenters. The van der Waals surface area contributed by atoms with Crippen molar-refractivity contribution in [2.75, 3.05) is 5.32 Å². The van der Waals surface area contributed by atoms with E-state index < -0.39 is 23.6 Å². The molecule has 142 valence electrons. The monoisotopic (exact) mass is 489 g/mol. The van der Waals surface area contributed by atoms with E-state index in [0.29, 0.717) is 5.56 Å². The highest BCUT2D eigenvalue weighted by Crippen LogP contribution is 2.34. The standard InChI is InChI=1S/C18H15F3IN3O2/c1-11(24-25-17(27)12-6-8-13(22)9-7-12)10-16(26)23-15-5-3-2-4-14(15)18(19,20)21/h2-9H,10H2,1H3,(H,23,26)(H,25,27)/b24-11+. The SMILES string of the molecule is C/C(CC(=O)Nc1ccccc1C(F)(F)F)=N\NC(=O)c1ccc(I)cc1. The van der Waals surface area contributed by atoms with E-state index >= 15 is 0 Å². The lowest BCUT2D eigenvalue weighted by molar-refractivity contribution is -0.137. The number of hydrogen-bond donors (Lipinski definition) is 2. The molecule has 0 atom stereocenters. The molecule has 2 aromatic carbocycles. The zero-order valence-electron chi connectivity index (χ0n) is 14.1. The quantitative estimate of drug-likeness (QED) is 0.371. The van der Waals surface area contributed by atoms with E-state index in [4.69, 9.17) is 0 Å². The predicted molar refractivity (Wildman–Crippen MR) is 104 cm³/mol. The van der Waals surface area contributed by atoms with E-state index in [0.717, 1.165) is 9.64 Å². The first kappa shape index (κ1) is 20.9. The molecular weight excluding hydrogens is 474 g/mol. The van der Waals surface area contributed by atoms with Crippen LogP contribution in [0.5, 0.6) is 0 Å². The van der Waals surface area contributed by atoms with Crippen molar-refractivity contribution >= 4 is 45.8 Å². The maximum atomic E-state index is 12.9. The predicted octanol–water partition coefficient (Wildman–Crippen LogP) is 4.44. The molecular formula is C18H15F3IN3O2. The summed E-state index contributed by atoms with van der Waals surface area (Å²) >= 11 is 2.11. The number of carbonyl (C=O) groups excluding carboxylic acids is 2. The average Bonchev–Trinajstić information content (AvgIpc) is 2.59. The number of para-hydroxylation sites is 1. The second-order valence-electron chi connectivity index (χ2n) is 5.56. The Kier molecular flexibility index (Phi) is 6.94. The zero-order chi connectivity index (χ0) is 20.0. The van der Waals surface area contributed by atoms with Crippen molar-refractivity contribution in [3.8, 4) is 0 Å². The number of carbonyl (C=O) groups is 2. The van der Waals surface area contributed by atoms with Crippen molar-refractivity contribution in [3.05, 3.63) is 63.2 Å². The van der Waals surface area contributed by atoms with Crippen LogP contribution in [0, 0.1) is 3.57 Å². The highest BCUT2D eigenvalue weighted by molar-refractivity contribution is 14.1. The minimum atomic E-state index is -4.57. The van der Waals surface area contributed by atoms with Gasteiger partial charge in [0.25, 0.3) is 5.91 Å². The number of benzene rings is 2. The van der Waals surface area contributed by atoms with Gasteiger partial charge in [-0.1, -0.05) is 12.1 Å². The molecule has 0 aliphatic heterocycles. The maximum Gasteiger partial charge on any atom is 0.418 e. The summed E-state index contributed by atoms with van der Waals surface area (Å²) < 4.78 is 39.8. The van der Waals surface area contributed by atoms with Crippen LogP contribution in [-0.2, 0) is 11.0 Å². The molecule has 0 fully saturated rings. The number of halogens is 4. The molecule has 0 aliphatic carbocycles.